The van der Waals surface area contributed by atoms with E-state index in [9.17, 15) is 21.6 Å². The summed E-state index contributed by atoms with van der Waals surface area (Å²) in [6.07, 6.45) is -4.82. The number of rotatable bonds is 7. The van der Waals surface area contributed by atoms with Crippen molar-refractivity contribution in [2.75, 3.05) is 37.3 Å². The monoisotopic (exact) mass is 379 g/mol. The van der Waals surface area contributed by atoms with E-state index in [4.69, 9.17) is 4.74 Å². The number of benzene rings is 1. The predicted molar refractivity (Wildman–Crippen MR) is 89.9 cm³/mol. The molecule has 0 fully saturated rings. The standard InChI is InChI=1S/C15H20F3N3O3S/c1-21(25(2,22)23)12-4-3-5-13(11(12)6-7-15(16,17)18)24-10-14-19-8-9-20-14/h3-5H,6-10H2,1-2H3,(H,19,20). The summed E-state index contributed by atoms with van der Waals surface area (Å²) in [7, 11) is -2.32. The lowest BCUT2D eigenvalue weighted by atomic mass is 10.1. The van der Waals surface area contributed by atoms with E-state index in [1.807, 2.05) is 0 Å². The molecule has 0 aromatic heterocycles. The molecule has 1 heterocycles. The van der Waals surface area contributed by atoms with Crippen molar-refractivity contribution in [3.8, 4) is 5.75 Å². The van der Waals surface area contributed by atoms with Crippen LogP contribution in [-0.4, -0.2) is 53.4 Å². The first-order chi connectivity index (χ1) is 11.6. The Morgan fingerprint density at radius 3 is 2.64 bits per heavy atom. The third-order valence-corrected chi connectivity index (χ3v) is 4.90. The van der Waals surface area contributed by atoms with Crippen LogP contribution in [0.3, 0.4) is 0 Å². The summed E-state index contributed by atoms with van der Waals surface area (Å²) in [6, 6.07) is 4.54. The maximum absolute atomic E-state index is 12.7. The number of hydrogen-bond acceptors (Lipinski definition) is 5. The lowest BCUT2D eigenvalue weighted by Crippen LogP contribution is -2.27. The first kappa shape index (κ1) is 19.4. The number of sulfonamides is 1. The molecule has 0 saturated carbocycles. The Balaban J connectivity index is 2.32. The minimum Gasteiger partial charge on any atom is -0.485 e. The molecule has 0 atom stereocenters. The number of ether oxygens (including phenoxy) is 1. The van der Waals surface area contributed by atoms with Crippen LogP contribution in [0.5, 0.6) is 5.75 Å². The minimum atomic E-state index is -4.36. The fraction of sp³-hybridized carbons (Fsp3) is 0.533. The number of anilines is 1. The smallest absolute Gasteiger partial charge is 0.389 e. The second kappa shape index (κ2) is 7.51. The molecular formula is C15H20F3N3O3S. The van der Waals surface area contributed by atoms with Crippen LogP contribution in [-0.2, 0) is 16.4 Å². The van der Waals surface area contributed by atoms with Crippen LogP contribution in [0.2, 0.25) is 0 Å². The summed E-state index contributed by atoms with van der Waals surface area (Å²) in [6.45, 7) is 1.40. The summed E-state index contributed by atoms with van der Waals surface area (Å²) in [5, 5.41) is 3.00. The van der Waals surface area contributed by atoms with E-state index in [0.29, 0.717) is 18.9 Å². The molecule has 25 heavy (non-hydrogen) atoms. The van der Waals surface area contributed by atoms with Crippen LogP contribution >= 0.6 is 0 Å². The highest BCUT2D eigenvalue weighted by Gasteiger charge is 2.29. The number of hydrogen-bond donors (Lipinski definition) is 1. The van der Waals surface area contributed by atoms with E-state index < -0.39 is 22.6 Å². The van der Waals surface area contributed by atoms with Crippen molar-refractivity contribution >= 4 is 21.5 Å². The lowest BCUT2D eigenvalue weighted by Gasteiger charge is -2.23. The zero-order valence-electron chi connectivity index (χ0n) is 13.9. The van der Waals surface area contributed by atoms with Crippen LogP contribution < -0.4 is 14.4 Å². The SMILES string of the molecule is CN(c1cccc(OCC2=NCCN2)c1CCC(F)(F)F)S(C)(=O)=O. The van der Waals surface area contributed by atoms with Crippen LogP contribution in [0.4, 0.5) is 18.9 Å². The van der Waals surface area contributed by atoms with Crippen LogP contribution in [0.15, 0.2) is 23.2 Å². The molecule has 0 radical (unpaired) electrons. The zero-order chi connectivity index (χ0) is 18.7. The summed E-state index contributed by atoms with van der Waals surface area (Å²) in [5.74, 6) is 0.831. The van der Waals surface area contributed by atoms with E-state index in [2.05, 4.69) is 10.3 Å². The fourth-order valence-electron chi connectivity index (χ4n) is 2.37. The molecule has 10 heteroatoms. The van der Waals surface area contributed by atoms with Gasteiger partial charge in [-0.15, -0.1) is 0 Å². The van der Waals surface area contributed by atoms with Gasteiger partial charge in [-0.25, -0.2) is 8.42 Å². The topological polar surface area (TPSA) is 71.0 Å². The first-order valence-electron chi connectivity index (χ1n) is 7.60. The fourth-order valence-corrected chi connectivity index (χ4v) is 2.90. The molecule has 6 nitrogen and oxygen atoms in total. The van der Waals surface area contributed by atoms with Crippen molar-refractivity contribution in [3.05, 3.63) is 23.8 Å². The van der Waals surface area contributed by atoms with Gasteiger partial charge in [-0.2, -0.15) is 13.2 Å². The normalized spacial score (nSPS) is 14.8. The van der Waals surface area contributed by atoms with E-state index in [-0.39, 0.29) is 30.0 Å². The quantitative estimate of drug-likeness (QED) is 0.786. The molecular weight excluding hydrogens is 359 g/mol. The summed E-state index contributed by atoms with van der Waals surface area (Å²) >= 11 is 0. The Morgan fingerprint density at radius 1 is 1.36 bits per heavy atom. The number of halogens is 3. The van der Waals surface area contributed by atoms with Crippen molar-refractivity contribution in [2.45, 2.75) is 19.0 Å². The summed E-state index contributed by atoms with van der Waals surface area (Å²) in [4.78, 5) is 4.16. The van der Waals surface area contributed by atoms with Crippen molar-refractivity contribution in [1.82, 2.24) is 5.32 Å². The molecule has 0 amide bonds. The van der Waals surface area contributed by atoms with Gasteiger partial charge in [0.05, 0.1) is 18.5 Å². The van der Waals surface area contributed by atoms with Crippen molar-refractivity contribution in [3.63, 3.8) is 0 Å². The molecule has 0 unspecified atom stereocenters. The van der Waals surface area contributed by atoms with Gasteiger partial charge < -0.3 is 10.1 Å². The second-order valence-corrected chi connectivity index (χ2v) is 7.66. The number of amidine groups is 1. The van der Waals surface area contributed by atoms with Crippen molar-refractivity contribution < 1.29 is 26.3 Å². The average molecular weight is 379 g/mol. The van der Waals surface area contributed by atoms with E-state index in [0.717, 1.165) is 10.6 Å². The molecule has 2 rings (SSSR count). The Morgan fingerprint density at radius 2 is 2.08 bits per heavy atom. The molecule has 1 aromatic carbocycles. The predicted octanol–water partition coefficient (Wildman–Crippen LogP) is 1.96. The Kier molecular flexibility index (Phi) is 5.81. The number of nitrogens with zero attached hydrogens (tertiary/aromatic N) is 2. The van der Waals surface area contributed by atoms with E-state index in [1.54, 1.807) is 6.07 Å². The molecule has 1 aromatic rings. The third kappa shape index (κ3) is 5.52. The minimum absolute atomic E-state index is 0.0884. The Labute approximate surface area is 144 Å². The van der Waals surface area contributed by atoms with Gasteiger partial charge in [0.2, 0.25) is 10.0 Å². The molecule has 0 saturated heterocycles. The highest BCUT2D eigenvalue weighted by molar-refractivity contribution is 7.92. The van der Waals surface area contributed by atoms with E-state index >= 15 is 0 Å². The molecule has 0 spiro atoms. The highest BCUT2D eigenvalue weighted by atomic mass is 32.2. The first-order valence-corrected chi connectivity index (χ1v) is 9.45. The number of alkyl halides is 3. The van der Waals surface area contributed by atoms with Gasteiger partial charge in [0.25, 0.3) is 0 Å². The van der Waals surface area contributed by atoms with Gasteiger partial charge in [-0.05, 0) is 18.6 Å². The lowest BCUT2D eigenvalue weighted by molar-refractivity contribution is -0.134. The summed E-state index contributed by atoms with van der Waals surface area (Å²) in [5.41, 5.74) is 0.372. The van der Waals surface area contributed by atoms with Gasteiger partial charge in [0.1, 0.15) is 18.2 Å². The largest absolute Gasteiger partial charge is 0.485 e. The van der Waals surface area contributed by atoms with Gasteiger partial charge >= 0.3 is 6.18 Å². The van der Waals surface area contributed by atoms with Gasteiger partial charge in [-0.3, -0.25) is 9.30 Å². The van der Waals surface area contributed by atoms with Crippen LogP contribution in [0.25, 0.3) is 0 Å². The summed E-state index contributed by atoms with van der Waals surface area (Å²) < 4.78 is 68.2. The maximum Gasteiger partial charge on any atom is 0.389 e. The maximum atomic E-state index is 12.7. The molecule has 0 aliphatic carbocycles. The molecule has 1 aliphatic rings. The van der Waals surface area contributed by atoms with Crippen molar-refractivity contribution in [1.29, 1.82) is 0 Å². The average Bonchev–Trinajstić information content (AvgIpc) is 3.02. The number of aliphatic imine (C=N–C) groups is 1. The molecule has 140 valence electrons. The third-order valence-electron chi connectivity index (χ3n) is 3.71. The van der Waals surface area contributed by atoms with E-state index in [1.165, 1.54) is 19.2 Å². The zero-order valence-corrected chi connectivity index (χ0v) is 14.7. The Bertz CT molecular complexity index is 748. The Hall–Kier alpha value is -1.97. The highest BCUT2D eigenvalue weighted by Crippen LogP contribution is 2.34. The van der Waals surface area contributed by atoms with Crippen LogP contribution in [0, 0.1) is 0 Å². The molecule has 1 N–H and O–H groups in total. The molecule has 0 bridgehead atoms. The molecule has 1 aliphatic heterocycles. The van der Waals surface area contributed by atoms with Gasteiger partial charge in [0, 0.05) is 25.6 Å². The van der Waals surface area contributed by atoms with Crippen LogP contribution in [0.1, 0.15) is 12.0 Å². The number of nitrogens with one attached hydrogen (secondary N) is 1. The van der Waals surface area contributed by atoms with Gasteiger partial charge in [0.15, 0.2) is 0 Å². The van der Waals surface area contributed by atoms with Gasteiger partial charge in [-0.1, -0.05) is 6.07 Å². The second-order valence-electron chi connectivity index (χ2n) is 5.64. The van der Waals surface area contributed by atoms with Crippen molar-refractivity contribution in [2.24, 2.45) is 4.99 Å².